The van der Waals surface area contributed by atoms with Crippen molar-refractivity contribution in [3.8, 4) is 5.69 Å². The molecule has 3 rings (SSSR count). The number of rotatable bonds is 6. The first-order chi connectivity index (χ1) is 13.1. The molecule has 9 heteroatoms. The lowest BCUT2D eigenvalue weighted by atomic mass is 10.1. The van der Waals surface area contributed by atoms with E-state index in [9.17, 15) is 9.59 Å². The van der Waals surface area contributed by atoms with Gasteiger partial charge in [-0.05, 0) is 46.7 Å². The Balaban J connectivity index is 1.69. The molecule has 8 nitrogen and oxygen atoms in total. The topological polar surface area (TPSA) is 102 Å². The number of hydrogen-bond acceptors (Lipinski definition) is 5. The third-order valence-corrected chi connectivity index (χ3v) is 4.12. The Labute approximate surface area is 160 Å². The second-order valence-corrected chi connectivity index (χ2v) is 6.09. The molecule has 0 atom stereocenters. The number of carbonyl (C=O) groups is 2. The number of halogens is 1. The standard InChI is InChI=1S/C18H17ClN6O2/c1-2-12-5-3-4-6-15(12)22-17(26)10-20-18(27)14-9-13(19)7-8-16(14)25-11-21-23-24-25/h3-9,11H,2,10H2,1H3,(H,20,27)(H,22,26). The Bertz CT molecular complexity index is 958. The lowest BCUT2D eigenvalue weighted by Crippen LogP contribution is -2.33. The zero-order valence-electron chi connectivity index (χ0n) is 14.5. The summed E-state index contributed by atoms with van der Waals surface area (Å²) in [7, 11) is 0. The van der Waals surface area contributed by atoms with Crippen LogP contribution in [0, 0.1) is 0 Å². The second kappa shape index (κ2) is 8.41. The van der Waals surface area contributed by atoms with Crippen LogP contribution in [0.2, 0.25) is 5.02 Å². The number of anilines is 1. The average molecular weight is 385 g/mol. The molecule has 0 aliphatic carbocycles. The van der Waals surface area contributed by atoms with Gasteiger partial charge in [-0.1, -0.05) is 36.7 Å². The average Bonchev–Trinajstić information content (AvgIpc) is 3.21. The minimum Gasteiger partial charge on any atom is -0.343 e. The molecule has 138 valence electrons. The highest BCUT2D eigenvalue weighted by atomic mass is 35.5. The molecule has 0 unspecified atom stereocenters. The molecule has 0 radical (unpaired) electrons. The minimum absolute atomic E-state index is 0.182. The largest absolute Gasteiger partial charge is 0.343 e. The van der Waals surface area contributed by atoms with E-state index in [1.54, 1.807) is 12.1 Å². The van der Waals surface area contributed by atoms with Crippen molar-refractivity contribution < 1.29 is 9.59 Å². The zero-order valence-corrected chi connectivity index (χ0v) is 15.3. The third-order valence-electron chi connectivity index (χ3n) is 3.88. The summed E-state index contributed by atoms with van der Waals surface area (Å²) in [5.41, 5.74) is 2.47. The summed E-state index contributed by atoms with van der Waals surface area (Å²) in [4.78, 5) is 24.8. The number of tetrazole rings is 1. The molecule has 0 saturated heterocycles. The Morgan fingerprint density at radius 2 is 2.00 bits per heavy atom. The highest BCUT2D eigenvalue weighted by Gasteiger charge is 2.16. The highest BCUT2D eigenvalue weighted by molar-refractivity contribution is 6.31. The zero-order chi connectivity index (χ0) is 19.2. The molecule has 0 aliphatic rings. The van der Waals surface area contributed by atoms with Gasteiger partial charge in [-0.15, -0.1) is 5.10 Å². The second-order valence-electron chi connectivity index (χ2n) is 5.66. The summed E-state index contributed by atoms with van der Waals surface area (Å²) in [5.74, 6) is -0.780. The first kappa shape index (κ1) is 18.5. The maximum Gasteiger partial charge on any atom is 0.253 e. The summed E-state index contributed by atoms with van der Waals surface area (Å²) in [6.07, 6.45) is 2.16. The molecule has 2 amide bonds. The van der Waals surface area contributed by atoms with Crippen molar-refractivity contribution in [3.63, 3.8) is 0 Å². The van der Waals surface area contributed by atoms with Crippen LogP contribution in [0.25, 0.3) is 5.69 Å². The van der Waals surface area contributed by atoms with Crippen LogP contribution in [0.4, 0.5) is 5.69 Å². The summed E-state index contributed by atoms with van der Waals surface area (Å²) in [6.45, 7) is 1.82. The number of nitrogens with one attached hydrogen (secondary N) is 2. The summed E-state index contributed by atoms with van der Waals surface area (Å²) in [5, 5.41) is 16.7. The van der Waals surface area contributed by atoms with Crippen molar-refractivity contribution in [1.82, 2.24) is 25.5 Å². The molecule has 0 bridgehead atoms. The number of benzene rings is 2. The van der Waals surface area contributed by atoms with Crippen LogP contribution in [-0.2, 0) is 11.2 Å². The fourth-order valence-electron chi connectivity index (χ4n) is 2.56. The highest BCUT2D eigenvalue weighted by Crippen LogP contribution is 2.19. The summed E-state index contributed by atoms with van der Waals surface area (Å²) in [6, 6.07) is 12.3. The maximum absolute atomic E-state index is 12.6. The van der Waals surface area contributed by atoms with Gasteiger partial charge in [-0.25, -0.2) is 0 Å². The SMILES string of the molecule is CCc1ccccc1NC(=O)CNC(=O)c1cc(Cl)ccc1-n1cnnn1. The molecule has 2 N–H and O–H groups in total. The van der Waals surface area contributed by atoms with Crippen molar-refractivity contribution in [2.75, 3.05) is 11.9 Å². The van der Waals surface area contributed by atoms with E-state index in [1.807, 2.05) is 31.2 Å². The number of amides is 2. The van der Waals surface area contributed by atoms with Crippen molar-refractivity contribution in [2.45, 2.75) is 13.3 Å². The van der Waals surface area contributed by atoms with E-state index in [4.69, 9.17) is 11.6 Å². The van der Waals surface area contributed by atoms with Gasteiger partial charge in [0.05, 0.1) is 17.8 Å². The van der Waals surface area contributed by atoms with Gasteiger partial charge in [0.25, 0.3) is 5.91 Å². The van der Waals surface area contributed by atoms with E-state index in [1.165, 1.54) is 17.1 Å². The van der Waals surface area contributed by atoms with Gasteiger partial charge in [-0.3, -0.25) is 9.59 Å². The Hall–Kier alpha value is -3.26. The predicted octanol–water partition coefficient (Wildman–Crippen LogP) is 2.25. The van der Waals surface area contributed by atoms with Crippen molar-refractivity contribution in [2.24, 2.45) is 0 Å². The molecule has 0 fully saturated rings. The Morgan fingerprint density at radius 3 is 2.74 bits per heavy atom. The predicted molar refractivity (Wildman–Crippen MR) is 101 cm³/mol. The van der Waals surface area contributed by atoms with Crippen LogP contribution in [-0.4, -0.2) is 38.6 Å². The molecule has 1 heterocycles. The Kier molecular flexibility index (Phi) is 5.77. The monoisotopic (exact) mass is 384 g/mol. The van der Waals surface area contributed by atoms with Crippen LogP contribution in [0.5, 0.6) is 0 Å². The fraction of sp³-hybridized carbons (Fsp3) is 0.167. The molecule has 0 saturated carbocycles. The van der Waals surface area contributed by atoms with Gasteiger partial charge in [-0.2, -0.15) is 4.68 Å². The van der Waals surface area contributed by atoms with Crippen LogP contribution >= 0.6 is 11.6 Å². The fourth-order valence-corrected chi connectivity index (χ4v) is 2.73. The van der Waals surface area contributed by atoms with E-state index in [0.717, 1.165) is 17.7 Å². The molecule has 1 aromatic heterocycles. The number of aryl methyl sites for hydroxylation is 1. The van der Waals surface area contributed by atoms with Gasteiger partial charge >= 0.3 is 0 Å². The van der Waals surface area contributed by atoms with Crippen molar-refractivity contribution in [3.05, 3.63) is 64.9 Å². The number of carbonyl (C=O) groups excluding carboxylic acids is 2. The first-order valence-corrected chi connectivity index (χ1v) is 8.65. The Morgan fingerprint density at radius 1 is 1.19 bits per heavy atom. The lowest BCUT2D eigenvalue weighted by molar-refractivity contribution is -0.115. The van der Waals surface area contributed by atoms with E-state index < -0.39 is 5.91 Å². The number of nitrogens with zero attached hydrogens (tertiary/aromatic N) is 4. The summed E-state index contributed by atoms with van der Waals surface area (Å²) < 4.78 is 1.35. The molecule has 27 heavy (non-hydrogen) atoms. The lowest BCUT2D eigenvalue weighted by Gasteiger charge is -2.12. The van der Waals surface area contributed by atoms with Crippen molar-refractivity contribution in [1.29, 1.82) is 0 Å². The number of aromatic nitrogens is 4. The van der Waals surface area contributed by atoms with Crippen LogP contribution in [0.3, 0.4) is 0 Å². The third kappa shape index (κ3) is 4.48. The summed E-state index contributed by atoms with van der Waals surface area (Å²) >= 11 is 6.01. The number of hydrogen-bond donors (Lipinski definition) is 2. The first-order valence-electron chi connectivity index (χ1n) is 8.27. The van der Waals surface area contributed by atoms with Gasteiger partial charge < -0.3 is 10.6 Å². The smallest absolute Gasteiger partial charge is 0.253 e. The molecular weight excluding hydrogens is 368 g/mol. The van der Waals surface area contributed by atoms with Gasteiger partial charge in [0, 0.05) is 10.7 Å². The van der Waals surface area contributed by atoms with E-state index >= 15 is 0 Å². The maximum atomic E-state index is 12.6. The van der Waals surface area contributed by atoms with E-state index in [0.29, 0.717) is 10.7 Å². The molecule has 3 aromatic rings. The van der Waals surface area contributed by atoms with Gasteiger partial charge in [0.15, 0.2) is 0 Å². The van der Waals surface area contributed by atoms with Crippen molar-refractivity contribution >= 4 is 29.1 Å². The van der Waals surface area contributed by atoms with Crippen LogP contribution in [0.15, 0.2) is 48.8 Å². The normalized spacial score (nSPS) is 10.4. The molecule has 0 aliphatic heterocycles. The quantitative estimate of drug-likeness (QED) is 0.678. The van der Waals surface area contributed by atoms with Gasteiger partial charge in [0.1, 0.15) is 6.33 Å². The molecular formula is C18H17ClN6O2. The van der Waals surface area contributed by atoms with Crippen LogP contribution in [0.1, 0.15) is 22.8 Å². The van der Waals surface area contributed by atoms with Crippen LogP contribution < -0.4 is 10.6 Å². The van der Waals surface area contributed by atoms with Gasteiger partial charge in [0.2, 0.25) is 5.91 Å². The number of para-hydroxylation sites is 1. The molecule has 2 aromatic carbocycles. The minimum atomic E-state index is -0.457. The van der Waals surface area contributed by atoms with E-state index in [-0.39, 0.29) is 18.0 Å². The van der Waals surface area contributed by atoms with E-state index in [2.05, 4.69) is 26.2 Å². The molecule has 0 spiro atoms.